The Labute approximate surface area is 126 Å². The molecule has 0 aliphatic heterocycles. The molecule has 0 saturated carbocycles. The van der Waals surface area contributed by atoms with Crippen molar-refractivity contribution in [2.75, 3.05) is 18.2 Å². The van der Waals surface area contributed by atoms with Gasteiger partial charge in [-0.1, -0.05) is 35.3 Å². The summed E-state index contributed by atoms with van der Waals surface area (Å²) >= 11 is 12.0. The Hall–Kier alpha value is -1.91. The lowest BCUT2D eigenvalue weighted by Crippen LogP contribution is -2.06. The fraction of sp³-hybridized carbons (Fsp3) is 0.0714. The zero-order valence-corrected chi connectivity index (χ0v) is 12.1. The van der Waals surface area contributed by atoms with Crippen LogP contribution in [0, 0.1) is 0 Å². The maximum atomic E-state index is 11.7. The molecule has 2 rings (SSSR count). The lowest BCUT2D eigenvalue weighted by molar-refractivity contribution is 0.0602. The molecule has 0 aromatic heterocycles. The first kappa shape index (κ1) is 14.5. The molecule has 0 bridgehead atoms. The standard InChI is InChI=1S/C14H12Cl2N2O2/c1-20-14(19)9-4-2-3-5-12(9)18-13-10(16)6-8(15)7-11(13)17/h2-7,18H,17H2,1H3. The predicted octanol–water partition coefficient (Wildman–Crippen LogP) is 4.11. The van der Waals surface area contributed by atoms with Crippen LogP contribution >= 0.6 is 23.2 Å². The van der Waals surface area contributed by atoms with Gasteiger partial charge in [0.2, 0.25) is 0 Å². The monoisotopic (exact) mass is 310 g/mol. The molecule has 0 radical (unpaired) electrons. The summed E-state index contributed by atoms with van der Waals surface area (Å²) in [5.41, 5.74) is 7.71. The zero-order valence-electron chi connectivity index (χ0n) is 10.6. The molecule has 0 saturated heterocycles. The number of methoxy groups -OCH3 is 1. The number of anilines is 3. The van der Waals surface area contributed by atoms with Crippen molar-refractivity contribution in [2.24, 2.45) is 0 Å². The molecular formula is C14H12Cl2N2O2. The highest BCUT2D eigenvalue weighted by atomic mass is 35.5. The number of halogens is 2. The van der Waals surface area contributed by atoms with Crippen LogP contribution in [-0.2, 0) is 4.74 Å². The number of ether oxygens (including phenoxy) is 1. The highest BCUT2D eigenvalue weighted by Gasteiger charge is 2.14. The van der Waals surface area contributed by atoms with E-state index in [2.05, 4.69) is 5.32 Å². The predicted molar refractivity (Wildman–Crippen MR) is 81.9 cm³/mol. The molecule has 20 heavy (non-hydrogen) atoms. The van der Waals surface area contributed by atoms with E-state index >= 15 is 0 Å². The van der Waals surface area contributed by atoms with Crippen LogP contribution in [0.15, 0.2) is 36.4 Å². The highest BCUT2D eigenvalue weighted by molar-refractivity contribution is 6.37. The number of carbonyl (C=O) groups is 1. The fourth-order valence-corrected chi connectivity index (χ4v) is 2.30. The molecule has 0 aliphatic carbocycles. The number of esters is 1. The smallest absolute Gasteiger partial charge is 0.339 e. The minimum absolute atomic E-state index is 0.370. The molecule has 3 N–H and O–H groups in total. The fourth-order valence-electron chi connectivity index (χ4n) is 1.74. The van der Waals surface area contributed by atoms with E-state index in [0.29, 0.717) is 32.7 Å². The Morgan fingerprint density at radius 1 is 1.25 bits per heavy atom. The molecule has 0 aliphatic rings. The van der Waals surface area contributed by atoms with E-state index in [-0.39, 0.29) is 0 Å². The van der Waals surface area contributed by atoms with Gasteiger partial charge in [0.05, 0.1) is 34.8 Å². The molecular weight excluding hydrogens is 299 g/mol. The third-order valence-electron chi connectivity index (χ3n) is 2.68. The van der Waals surface area contributed by atoms with Crippen LogP contribution < -0.4 is 11.1 Å². The molecule has 4 nitrogen and oxygen atoms in total. The summed E-state index contributed by atoms with van der Waals surface area (Å²) < 4.78 is 4.73. The first-order chi connectivity index (χ1) is 9.52. The lowest BCUT2D eigenvalue weighted by Gasteiger charge is -2.14. The molecule has 0 amide bonds. The Balaban J connectivity index is 2.43. The van der Waals surface area contributed by atoms with Gasteiger partial charge in [-0.3, -0.25) is 0 Å². The number of hydrogen-bond acceptors (Lipinski definition) is 4. The number of carbonyl (C=O) groups excluding carboxylic acids is 1. The van der Waals surface area contributed by atoms with Crippen LogP contribution in [0.1, 0.15) is 10.4 Å². The highest BCUT2D eigenvalue weighted by Crippen LogP contribution is 2.35. The number of hydrogen-bond donors (Lipinski definition) is 2. The second kappa shape index (κ2) is 6.03. The summed E-state index contributed by atoms with van der Waals surface area (Å²) in [5.74, 6) is -0.447. The lowest BCUT2D eigenvalue weighted by atomic mass is 10.1. The van der Waals surface area contributed by atoms with Gasteiger partial charge in [0.15, 0.2) is 0 Å². The van der Waals surface area contributed by atoms with Crippen LogP contribution in [0.5, 0.6) is 0 Å². The number of nitrogens with two attached hydrogens (primary N) is 1. The number of nitrogen functional groups attached to an aromatic ring is 1. The van der Waals surface area contributed by atoms with Crippen molar-refractivity contribution in [1.29, 1.82) is 0 Å². The number of benzene rings is 2. The van der Waals surface area contributed by atoms with E-state index in [9.17, 15) is 4.79 Å². The summed E-state index contributed by atoms with van der Waals surface area (Å²) in [4.78, 5) is 11.7. The molecule has 2 aromatic rings. The van der Waals surface area contributed by atoms with E-state index < -0.39 is 5.97 Å². The van der Waals surface area contributed by atoms with Crippen LogP contribution in [-0.4, -0.2) is 13.1 Å². The summed E-state index contributed by atoms with van der Waals surface area (Å²) in [5, 5.41) is 3.85. The molecule has 0 atom stereocenters. The third-order valence-corrected chi connectivity index (χ3v) is 3.19. The van der Waals surface area contributed by atoms with Crippen molar-refractivity contribution in [1.82, 2.24) is 0 Å². The quantitative estimate of drug-likeness (QED) is 0.661. The van der Waals surface area contributed by atoms with Gasteiger partial charge in [-0.25, -0.2) is 4.79 Å². The Kier molecular flexibility index (Phi) is 4.37. The van der Waals surface area contributed by atoms with Gasteiger partial charge in [-0.15, -0.1) is 0 Å². The van der Waals surface area contributed by atoms with Gasteiger partial charge < -0.3 is 15.8 Å². The Morgan fingerprint density at radius 2 is 1.95 bits per heavy atom. The number of rotatable bonds is 3. The van der Waals surface area contributed by atoms with Crippen molar-refractivity contribution >= 4 is 46.2 Å². The average Bonchev–Trinajstić information content (AvgIpc) is 2.42. The third kappa shape index (κ3) is 2.98. The van der Waals surface area contributed by atoms with Crippen molar-refractivity contribution in [3.05, 3.63) is 52.0 Å². The molecule has 2 aromatic carbocycles. The Bertz CT molecular complexity index is 636. The minimum atomic E-state index is -0.447. The second-order valence-electron chi connectivity index (χ2n) is 4.01. The van der Waals surface area contributed by atoms with E-state index in [1.165, 1.54) is 7.11 Å². The first-order valence-electron chi connectivity index (χ1n) is 5.72. The molecule has 0 spiro atoms. The van der Waals surface area contributed by atoms with Gasteiger partial charge >= 0.3 is 5.97 Å². The van der Waals surface area contributed by atoms with E-state index in [0.717, 1.165) is 0 Å². The van der Waals surface area contributed by atoms with E-state index in [4.69, 9.17) is 33.7 Å². The van der Waals surface area contributed by atoms with Crippen LogP contribution in [0.25, 0.3) is 0 Å². The van der Waals surface area contributed by atoms with Gasteiger partial charge in [0.1, 0.15) is 0 Å². The summed E-state index contributed by atoms with van der Waals surface area (Å²) in [6, 6.07) is 10.1. The first-order valence-corrected chi connectivity index (χ1v) is 6.47. The Morgan fingerprint density at radius 3 is 2.60 bits per heavy atom. The largest absolute Gasteiger partial charge is 0.465 e. The van der Waals surface area contributed by atoms with Crippen molar-refractivity contribution in [3.63, 3.8) is 0 Å². The van der Waals surface area contributed by atoms with Gasteiger partial charge in [-0.2, -0.15) is 0 Å². The van der Waals surface area contributed by atoms with Crippen molar-refractivity contribution < 1.29 is 9.53 Å². The molecule has 0 unspecified atom stereocenters. The molecule has 0 heterocycles. The number of nitrogens with one attached hydrogen (secondary N) is 1. The van der Waals surface area contributed by atoms with Gasteiger partial charge in [0, 0.05) is 5.02 Å². The SMILES string of the molecule is COC(=O)c1ccccc1Nc1c(N)cc(Cl)cc1Cl. The molecule has 6 heteroatoms. The average molecular weight is 311 g/mol. The van der Waals surface area contributed by atoms with Crippen LogP contribution in [0.4, 0.5) is 17.1 Å². The van der Waals surface area contributed by atoms with E-state index in [1.807, 2.05) is 0 Å². The van der Waals surface area contributed by atoms with Crippen LogP contribution in [0.3, 0.4) is 0 Å². The topological polar surface area (TPSA) is 64.3 Å². The van der Waals surface area contributed by atoms with E-state index in [1.54, 1.807) is 36.4 Å². The van der Waals surface area contributed by atoms with Gasteiger partial charge in [-0.05, 0) is 24.3 Å². The molecule has 104 valence electrons. The summed E-state index contributed by atoms with van der Waals surface area (Å²) in [6.07, 6.45) is 0. The second-order valence-corrected chi connectivity index (χ2v) is 4.86. The molecule has 0 fully saturated rings. The van der Waals surface area contributed by atoms with Gasteiger partial charge in [0.25, 0.3) is 0 Å². The van der Waals surface area contributed by atoms with Crippen molar-refractivity contribution in [3.8, 4) is 0 Å². The summed E-state index contributed by atoms with van der Waals surface area (Å²) in [6.45, 7) is 0. The summed E-state index contributed by atoms with van der Waals surface area (Å²) in [7, 11) is 1.32. The van der Waals surface area contributed by atoms with Crippen LogP contribution in [0.2, 0.25) is 10.0 Å². The number of para-hydroxylation sites is 1. The van der Waals surface area contributed by atoms with Crippen molar-refractivity contribution in [2.45, 2.75) is 0 Å². The maximum Gasteiger partial charge on any atom is 0.339 e. The normalized spacial score (nSPS) is 10.2. The maximum absolute atomic E-state index is 11.7. The zero-order chi connectivity index (χ0) is 14.7. The minimum Gasteiger partial charge on any atom is -0.465 e.